The predicted octanol–water partition coefficient (Wildman–Crippen LogP) is 1.65. The summed E-state index contributed by atoms with van der Waals surface area (Å²) in [5.41, 5.74) is 0. The first-order valence-electron chi connectivity index (χ1n) is 4.31. The van der Waals surface area contributed by atoms with Crippen molar-refractivity contribution >= 4 is 20.0 Å². The van der Waals surface area contributed by atoms with Crippen LogP contribution in [0.1, 0.15) is 6.42 Å². The van der Waals surface area contributed by atoms with Crippen LogP contribution in [0, 0.1) is 0 Å². The van der Waals surface area contributed by atoms with E-state index in [1.165, 1.54) is 5.94 Å². The monoisotopic (exact) mass is 200 g/mol. The summed E-state index contributed by atoms with van der Waals surface area (Å²) in [6, 6.07) is 0.962. The molecule has 0 aromatic carbocycles. The van der Waals surface area contributed by atoms with E-state index in [0.29, 0.717) is 6.61 Å². The van der Waals surface area contributed by atoms with Crippen LogP contribution in [0.25, 0.3) is 0 Å². The predicted molar refractivity (Wildman–Crippen MR) is 54.0 cm³/mol. The Hall–Kier alpha value is -0.863. The summed E-state index contributed by atoms with van der Waals surface area (Å²) >= 11 is 0. The molecule has 74 valence electrons. The van der Waals surface area contributed by atoms with Crippen molar-refractivity contribution in [3.05, 3.63) is 6.08 Å². The van der Waals surface area contributed by atoms with Crippen LogP contribution in [0.4, 0.5) is 0 Å². The number of hydrogen-bond acceptors (Lipinski definition) is 3. The standard InChI is InChI=1S/C9H16O3Si/c1-13(2,3)8-7-12-9(11)5-4-6-10/h4H,5,7-8H2,1-3H3. The summed E-state index contributed by atoms with van der Waals surface area (Å²) in [7, 11) is -1.12. The highest BCUT2D eigenvalue weighted by molar-refractivity contribution is 6.76. The van der Waals surface area contributed by atoms with Gasteiger partial charge in [0.05, 0.1) is 13.0 Å². The molecule has 0 saturated heterocycles. The first kappa shape index (κ1) is 12.1. The van der Waals surface area contributed by atoms with Crippen LogP contribution >= 0.6 is 0 Å². The van der Waals surface area contributed by atoms with E-state index in [-0.39, 0.29) is 12.4 Å². The highest BCUT2D eigenvalue weighted by Crippen LogP contribution is 2.07. The molecular weight excluding hydrogens is 184 g/mol. The fraction of sp³-hybridized carbons (Fsp3) is 0.667. The molecule has 0 unspecified atom stereocenters. The fourth-order valence-corrected chi connectivity index (χ4v) is 1.37. The number of carbonyl (C=O) groups excluding carboxylic acids is 2. The maximum absolute atomic E-state index is 10.9. The van der Waals surface area contributed by atoms with E-state index in [0.717, 1.165) is 12.1 Å². The lowest BCUT2D eigenvalue weighted by atomic mass is 10.4. The molecule has 0 aliphatic rings. The van der Waals surface area contributed by atoms with Crippen LogP contribution < -0.4 is 0 Å². The normalized spacial score (nSPS) is 10.4. The molecule has 0 heterocycles. The first-order valence-corrected chi connectivity index (χ1v) is 8.01. The highest BCUT2D eigenvalue weighted by Gasteiger charge is 2.13. The Bertz CT molecular complexity index is 211. The summed E-state index contributed by atoms with van der Waals surface area (Å²) in [5.74, 6) is 1.19. The van der Waals surface area contributed by atoms with Crippen molar-refractivity contribution in [2.75, 3.05) is 6.61 Å². The van der Waals surface area contributed by atoms with Crippen LogP contribution in [0.15, 0.2) is 6.08 Å². The quantitative estimate of drug-likeness (QED) is 0.385. The summed E-state index contributed by atoms with van der Waals surface area (Å²) in [4.78, 5) is 20.6. The van der Waals surface area contributed by atoms with E-state index < -0.39 is 8.07 Å². The Balaban J connectivity index is 3.54. The van der Waals surface area contributed by atoms with E-state index >= 15 is 0 Å². The number of rotatable bonds is 5. The third-order valence-electron chi connectivity index (χ3n) is 1.47. The molecule has 0 saturated carbocycles. The molecule has 0 amide bonds. The van der Waals surface area contributed by atoms with Gasteiger partial charge in [0.1, 0.15) is 5.94 Å². The summed E-state index contributed by atoms with van der Waals surface area (Å²) in [6.07, 6.45) is 1.17. The van der Waals surface area contributed by atoms with Crippen LogP contribution in [-0.2, 0) is 14.3 Å². The molecule has 13 heavy (non-hydrogen) atoms. The van der Waals surface area contributed by atoms with Crippen molar-refractivity contribution in [3.63, 3.8) is 0 Å². The molecule has 4 heteroatoms. The van der Waals surface area contributed by atoms with Gasteiger partial charge in [0.25, 0.3) is 0 Å². The molecule has 3 nitrogen and oxygen atoms in total. The van der Waals surface area contributed by atoms with Crippen molar-refractivity contribution in [1.29, 1.82) is 0 Å². The van der Waals surface area contributed by atoms with Gasteiger partial charge in [0, 0.05) is 14.1 Å². The zero-order valence-electron chi connectivity index (χ0n) is 8.42. The van der Waals surface area contributed by atoms with E-state index in [4.69, 9.17) is 4.74 Å². The molecule has 0 bridgehead atoms. The number of esters is 1. The Morgan fingerprint density at radius 1 is 1.46 bits per heavy atom. The third kappa shape index (κ3) is 9.05. The second kappa shape index (κ2) is 5.73. The molecule has 0 radical (unpaired) electrons. The maximum Gasteiger partial charge on any atom is 0.310 e. The van der Waals surface area contributed by atoms with Gasteiger partial charge in [-0.15, -0.1) is 0 Å². The van der Waals surface area contributed by atoms with E-state index in [9.17, 15) is 9.59 Å². The van der Waals surface area contributed by atoms with Crippen molar-refractivity contribution in [2.45, 2.75) is 32.1 Å². The Labute approximate surface area is 79.8 Å². The summed E-state index contributed by atoms with van der Waals surface area (Å²) in [5, 5.41) is 0. The van der Waals surface area contributed by atoms with Crippen LogP contribution in [0.3, 0.4) is 0 Å². The lowest BCUT2D eigenvalue weighted by Crippen LogP contribution is -2.22. The van der Waals surface area contributed by atoms with Gasteiger partial charge in [0.2, 0.25) is 0 Å². The molecule has 0 spiro atoms. The molecule has 0 aromatic rings. The zero-order chi connectivity index (χ0) is 10.3. The lowest BCUT2D eigenvalue weighted by Gasteiger charge is -2.14. The molecule has 0 rings (SSSR count). The number of ether oxygens (including phenoxy) is 1. The molecule has 0 N–H and O–H groups in total. The summed E-state index contributed by atoms with van der Waals surface area (Å²) < 4.78 is 4.91. The Morgan fingerprint density at radius 2 is 2.08 bits per heavy atom. The average molecular weight is 200 g/mol. The maximum atomic E-state index is 10.9. The van der Waals surface area contributed by atoms with Crippen LogP contribution in [-0.4, -0.2) is 26.6 Å². The molecule has 0 aromatic heterocycles. The molecular formula is C9H16O3Si. The van der Waals surface area contributed by atoms with Gasteiger partial charge >= 0.3 is 5.97 Å². The third-order valence-corrected chi connectivity index (χ3v) is 3.17. The van der Waals surface area contributed by atoms with Gasteiger partial charge in [-0.1, -0.05) is 19.6 Å². The minimum Gasteiger partial charge on any atom is -0.466 e. The number of carbonyl (C=O) groups is 1. The SMILES string of the molecule is C[Si](C)(C)CCOC(=O)CC=C=O. The Morgan fingerprint density at radius 3 is 2.54 bits per heavy atom. The zero-order valence-corrected chi connectivity index (χ0v) is 9.42. The van der Waals surface area contributed by atoms with Crippen LogP contribution in [0.2, 0.25) is 25.7 Å². The van der Waals surface area contributed by atoms with Gasteiger partial charge in [-0.3, -0.25) is 4.79 Å². The molecule has 0 aliphatic carbocycles. The topological polar surface area (TPSA) is 43.4 Å². The van der Waals surface area contributed by atoms with Gasteiger partial charge in [-0.2, -0.15) is 0 Å². The lowest BCUT2D eigenvalue weighted by molar-refractivity contribution is -0.142. The van der Waals surface area contributed by atoms with Crippen LogP contribution in [0.5, 0.6) is 0 Å². The van der Waals surface area contributed by atoms with E-state index in [1.807, 2.05) is 0 Å². The largest absolute Gasteiger partial charge is 0.466 e. The smallest absolute Gasteiger partial charge is 0.310 e. The molecule has 0 fully saturated rings. The van der Waals surface area contributed by atoms with Crippen molar-refractivity contribution in [3.8, 4) is 0 Å². The fourth-order valence-electron chi connectivity index (χ4n) is 0.655. The van der Waals surface area contributed by atoms with Crippen molar-refractivity contribution in [2.24, 2.45) is 0 Å². The minimum atomic E-state index is -1.12. The molecule has 0 atom stereocenters. The number of hydrogen-bond donors (Lipinski definition) is 0. The van der Waals surface area contributed by atoms with Gasteiger partial charge in [-0.05, 0) is 6.04 Å². The highest BCUT2D eigenvalue weighted by atomic mass is 28.3. The van der Waals surface area contributed by atoms with Crippen molar-refractivity contribution in [1.82, 2.24) is 0 Å². The second-order valence-corrected chi connectivity index (χ2v) is 9.68. The second-order valence-electron chi connectivity index (χ2n) is 4.06. The first-order chi connectivity index (χ1) is 5.95. The van der Waals surface area contributed by atoms with Crippen molar-refractivity contribution < 1.29 is 14.3 Å². The Kier molecular flexibility index (Phi) is 5.35. The summed E-state index contributed by atoms with van der Waals surface area (Å²) in [6.45, 7) is 7.12. The average Bonchev–Trinajstić information content (AvgIpc) is 1.98. The van der Waals surface area contributed by atoms with Gasteiger partial charge in [0.15, 0.2) is 0 Å². The van der Waals surface area contributed by atoms with Gasteiger partial charge in [-0.25, -0.2) is 4.79 Å². The van der Waals surface area contributed by atoms with E-state index in [1.54, 1.807) is 0 Å². The van der Waals surface area contributed by atoms with E-state index in [2.05, 4.69) is 19.6 Å². The molecule has 0 aliphatic heterocycles. The van der Waals surface area contributed by atoms with Gasteiger partial charge < -0.3 is 4.74 Å². The minimum absolute atomic E-state index is 0.0369.